The molecule has 90 valence electrons. The molecule has 0 aromatic heterocycles. The SMILES string of the molecule is CC(C)(C)c1ccc(C(Br)C(F)(F)F)cc1. The predicted octanol–water partition coefficient (Wildman–Crippen LogP) is 4.98. The van der Waals surface area contributed by atoms with Crippen molar-refractivity contribution in [2.24, 2.45) is 0 Å². The van der Waals surface area contributed by atoms with Gasteiger partial charge in [0.25, 0.3) is 0 Å². The second-order valence-corrected chi connectivity index (χ2v) is 5.69. The van der Waals surface area contributed by atoms with Crippen LogP contribution in [-0.2, 0) is 5.41 Å². The molecule has 0 saturated carbocycles. The van der Waals surface area contributed by atoms with Gasteiger partial charge in [-0.2, -0.15) is 13.2 Å². The fraction of sp³-hybridized carbons (Fsp3) is 0.500. The molecule has 0 amide bonds. The highest BCUT2D eigenvalue weighted by Crippen LogP contribution is 2.39. The zero-order chi connectivity index (χ0) is 12.6. The van der Waals surface area contributed by atoms with Crippen molar-refractivity contribution >= 4 is 15.9 Å². The predicted molar refractivity (Wildman–Crippen MR) is 62.9 cm³/mol. The molecular weight excluding hydrogens is 281 g/mol. The monoisotopic (exact) mass is 294 g/mol. The van der Waals surface area contributed by atoms with E-state index in [2.05, 4.69) is 15.9 Å². The molecular formula is C12H14BrF3. The Morgan fingerprint density at radius 2 is 1.44 bits per heavy atom. The number of hydrogen-bond acceptors (Lipinski definition) is 0. The topological polar surface area (TPSA) is 0 Å². The number of alkyl halides is 4. The summed E-state index contributed by atoms with van der Waals surface area (Å²) in [6.07, 6.45) is -4.25. The molecule has 16 heavy (non-hydrogen) atoms. The Balaban J connectivity index is 2.96. The van der Waals surface area contributed by atoms with Gasteiger partial charge in [0.15, 0.2) is 0 Å². The molecule has 0 saturated heterocycles. The maximum absolute atomic E-state index is 12.4. The first-order chi connectivity index (χ1) is 7.12. The molecule has 0 spiro atoms. The highest BCUT2D eigenvalue weighted by molar-refractivity contribution is 9.09. The van der Waals surface area contributed by atoms with E-state index in [9.17, 15) is 13.2 Å². The molecule has 1 aromatic rings. The van der Waals surface area contributed by atoms with Crippen molar-refractivity contribution in [3.05, 3.63) is 35.4 Å². The zero-order valence-corrected chi connectivity index (χ0v) is 11.0. The lowest BCUT2D eigenvalue weighted by Gasteiger charge is -2.20. The number of halogens is 4. The second-order valence-electron chi connectivity index (χ2n) is 4.78. The zero-order valence-electron chi connectivity index (χ0n) is 9.40. The molecule has 1 aromatic carbocycles. The van der Waals surface area contributed by atoms with E-state index in [4.69, 9.17) is 0 Å². The fourth-order valence-electron chi connectivity index (χ4n) is 1.34. The van der Waals surface area contributed by atoms with Crippen LogP contribution in [0.15, 0.2) is 24.3 Å². The van der Waals surface area contributed by atoms with Crippen molar-refractivity contribution in [2.75, 3.05) is 0 Å². The van der Waals surface area contributed by atoms with Gasteiger partial charge in [-0.25, -0.2) is 0 Å². The third kappa shape index (κ3) is 3.24. The van der Waals surface area contributed by atoms with Crippen LogP contribution >= 0.6 is 15.9 Å². The minimum Gasteiger partial charge on any atom is -0.169 e. The molecule has 0 nitrogen and oxygen atoms in total. The summed E-state index contributed by atoms with van der Waals surface area (Å²) in [7, 11) is 0. The minimum absolute atomic E-state index is 0.0431. The standard InChI is InChI=1S/C12H14BrF3/c1-11(2,3)9-6-4-8(5-7-9)10(13)12(14,15)16/h4-7,10H,1-3H3. The van der Waals surface area contributed by atoms with Crippen molar-refractivity contribution in [1.29, 1.82) is 0 Å². The lowest BCUT2D eigenvalue weighted by atomic mass is 9.86. The molecule has 1 atom stereocenters. The summed E-state index contributed by atoms with van der Waals surface area (Å²) < 4.78 is 37.3. The quantitative estimate of drug-likeness (QED) is 0.641. The van der Waals surface area contributed by atoms with Crippen molar-refractivity contribution in [1.82, 2.24) is 0 Å². The van der Waals surface area contributed by atoms with Crippen LogP contribution < -0.4 is 0 Å². The molecule has 0 radical (unpaired) electrons. The van der Waals surface area contributed by atoms with Crippen molar-refractivity contribution in [3.63, 3.8) is 0 Å². The van der Waals surface area contributed by atoms with Gasteiger partial charge in [-0.1, -0.05) is 61.0 Å². The second kappa shape index (κ2) is 4.40. The molecule has 0 aliphatic heterocycles. The largest absolute Gasteiger partial charge is 0.405 e. The van der Waals surface area contributed by atoms with Crippen LogP contribution in [0.3, 0.4) is 0 Å². The fourth-order valence-corrected chi connectivity index (χ4v) is 1.65. The lowest BCUT2D eigenvalue weighted by Crippen LogP contribution is -2.16. The Labute approximate surface area is 102 Å². The third-order valence-corrected chi connectivity index (χ3v) is 3.40. The van der Waals surface area contributed by atoms with Gasteiger partial charge in [0.1, 0.15) is 4.83 Å². The molecule has 1 unspecified atom stereocenters. The number of rotatable bonds is 1. The summed E-state index contributed by atoms with van der Waals surface area (Å²) in [6.45, 7) is 6.08. The molecule has 0 fully saturated rings. The van der Waals surface area contributed by atoms with E-state index in [1.165, 1.54) is 12.1 Å². The maximum Gasteiger partial charge on any atom is 0.405 e. The van der Waals surface area contributed by atoms with Crippen molar-refractivity contribution in [3.8, 4) is 0 Å². The van der Waals surface area contributed by atoms with Gasteiger partial charge in [-0.3, -0.25) is 0 Å². The Morgan fingerprint density at radius 3 is 1.75 bits per heavy atom. The van der Waals surface area contributed by atoms with Crippen LogP contribution in [0.25, 0.3) is 0 Å². The van der Waals surface area contributed by atoms with E-state index in [1.54, 1.807) is 12.1 Å². The smallest absolute Gasteiger partial charge is 0.169 e. The lowest BCUT2D eigenvalue weighted by molar-refractivity contribution is -0.128. The Bertz CT molecular complexity index is 346. The Morgan fingerprint density at radius 1 is 1.00 bits per heavy atom. The van der Waals surface area contributed by atoms with E-state index in [1.807, 2.05) is 20.8 Å². The van der Waals surface area contributed by atoms with Crippen LogP contribution in [0.4, 0.5) is 13.2 Å². The summed E-state index contributed by atoms with van der Waals surface area (Å²) in [5.74, 6) is 0. The summed E-state index contributed by atoms with van der Waals surface area (Å²) in [5.41, 5.74) is 1.22. The normalized spacial score (nSPS) is 14.9. The van der Waals surface area contributed by atoms with Gasteiger partial charge >= 0.3 is 6.18 Å². The van der Waals surface area contributed by atoms with Gasteiger partial charge in [0.05, 0.1) is 0 Å². The molecule has 0 aliphatic rings. The van der Waals surface area contributed by atoms with Crippen molar-refractivity contribution in [2.45, 2.75) is 37.2 Å². The first kappa shape index (κ1) is 13.6. The summed E-state index contributed by atoms with van der Waals surface area (Å²) in [4.78, 5) is -1.59. The van der Waals surface area contributed by atoms with E-state index in [0.717, 1.165) is 5.56 Å². The van der Waals surface area contributed by atoms with E-state index in [-0.39, 0.29) is 11.0 Å². The molecule has 0 heterocycles. The highest BCUT2D eigenvalue weighted by atomic mass is 79.9. The summed E-state index contributed by atoms with van der Waals surface area (Å²) in [6, 6.07) is 6.53. The average Bonchev–Trinajstić information content (AvgIpc) is 2.14. The van der Waals surface area contributed by atoms with Gasteiger partial charge in [0, 0.05) is 0 Å². The number of hydrogen-bond donors (Lipinski definition) is 0. The van der Waals surface area contributed by atoms with E-state index >= 15 is 0 Å². The van der Waals surface area contributed by atoms with E-state index in [0.29, 0.717) is 0 Å². The summed E-state index contributed by atoms with van der Waals surface area (Å²) >= 11 is 2.66. The average molecular weight is 295 g/mol. The van der Waals surface area contributed by atoms with Gasteiger partial charge in [-0.15, -0.1) is 0 Å². The highest BCUT2D eigenvalue weighted by Gasteiger charge is 2.38. The third-order valence-electron chi connectivity index (χ3n) is 2.36. The van der Waals surface area contributed by atoms with Crippen LogP contribution in [-0.4, -0.2) is 6.18 Å². The first-order valence-corrected chi connectivity index (χ1v) is 5.85. The molecule has 4 heteroatoms. The summed E-state index contributed by atoms with van der Waals surface area (Å²) in [5, 5.41) is 0. The molecule has 0 aliphatic carbocycles. The first-order valence-electron chi connectivity index (χ1n) is 4.93. The molecule has 0 bridgehead atoms. The van der Waals surface area contributed by atoms with Gasteiger partial charge in [0.2, 0.25) is 0 Å². The van der Waals surface area contributed by atoms with Gasteiger partial charge < -0.3 is 0 Å². The Kier molecular flexibility index (Phi) is 3.72. The van der Waals surface area contributed by atoms with Crippen molar-refractivity contribution < 1.29 is 13.2 Å². The minimum atomic E-state index is -4.25. The van der Waals surface area contributed by atoms with Crippen LogP contribution in [0, 0.1) is 0 Å². The van der Waals surface area contributed by atoms with Crippen LogP contribution in [0.5, 0.6) is 0 Å². The maximum atomic E-state index is 12.4. The van der Waals surface area contributed by atoms with Crippen LogP contribution in [0.2, 0.25) is 0 Å². The van der Waals surface area contributed by atoms with Gasteiger partial charge in [-0.05, 0) is 16.5 Å². The van der Waals surface area contributed by atoms with Crippen LogP contribution in [0.1, 0.15) is 36.7 Å². The Hall–Kier alpha value is -0.510. The van der Waals surface area contributed by atoms with E-state index < -0.39 is 11.0 Å². The number of benzene rings is 1. The molecule has 0 N–H and O–H groups in total. The molecule has 1 rings (SSSR count).